The minimum Gasteiger partial charge on any atom is -0.364 e. The van der Waals surface area contributed by atoms with Gasteiger partial charge in [-0.1, -0.05) is 18.2 Å². The zero-order valence-electron chi connectivity index (χ0n) is 14.0. The molecule has 1 fully saturated rings. The van der Waals surface area contributed by atoms with Gasteiger partial charge in [-0.05, 0) is 25.0 Å². The number of hydrogen-bond acceptors (Lipinski definition) is 7. The van der Waals surface area contributed by atoms with Crippen molar-refractivity contribution < 1.29 is 9.63 Å². The Morgan fingerprint density at radius 1 is 1.12 bits per heavy atom. The number of hydroxylamine groups is 2. The molecule has 0 spiro atoms. The molecule has 0 saturated carbocycles. The topological polar surface area (TPSA) is 101 Å². The summed E-state index contributed by atoms with van der Waals surface area (Å²) in [6.45, 7) is 1.09. The Balaban J connectivity index is 1.43. The van der Waals surface area contributed by atoms with E-state index in [0.717, 1.165) is 0 Å². The molecule has 0 radical (unpaired) electrons. The van der Waals surface area contributed by atoms with Gasteiger partial charge in [-0.15, -0.1) is 5.06 Å². The van der Waals surface area contributed by atoms with Crippen molar-refractivity contribution in [3.8, 4) is 0 Å². The standard InChI is InChI=1S/C18H17N5O3/c24-17-14(21-15-16(22-17)20-9-8-19-15)12-6-10-23(11-7-12)26-18(25)13-4-2-1-3-5-13/h1-5,8-9,12H,6-7,10-11H2,(H,20,22,24). The molecule has 1 aliphatic rings. The molecule has 3 aromatic rings. The lowest BCUT2D eigenvalue weighted by Gasteiger charge is -2.29. The largest absolute Gasteiger partial charge is 0.364 e. The molecule has 3 heterocycles. The normalized spacial score (nSPS) is 15.8. The molecule has 1 saturated heterocycles. The van der Waals surface area contributed by atoms with Gasteiger partial charge in [-0.3, -0.25) is 4.79 Å². The number of nitrogens with zero attached hydrogens (tertiary/aromatic N) is 4. The Bertz CT molecular complexity index is 981. The maximum atomic E-state index is 12.3. The predicted molar refractivity (Wildman–Crippen MR) is 93.4 cm³/mol. The average molecular weight is 351 g/mol. The van der Waals surface area contributed by atoms with Gasteiger partial charge in [0.15, 0.2) is 11.3 Å². The zero-order chi connectivity index (χ0) is 17.9. The van der Waals surface area contributed by atoms with Crippen molar-refractivity contribution in [2.75, 3.05) is 13.1 Å². The molecule has 8 heteroatoms. The van der Waals surface area contributed by atoms with Crippen LogP contribution in [0.5, 0.6) is 0 Å². The van der Waals surface area contributed by atoms with Gasteiger partial charge in [0, 0.05) is 31.4 Å². The van der Waals surface area contributed by atoms with Crippen LogP contribution in [-0.2, 0) is 4.84 Å². The van der Waals surface area contributed by atoms with Crippen LogP contribution in [0.2, 0.25) is 0 Å². The van der Waals surface area contributed by atoms with Gasteiger partial charge < -0.3 is 9.82 Å². The Kier molecular flexibility index (Phi) is 4.40. The number of carbonyl (C=O) groups is 1. The molecule has 0 amide bonds. The summed E-state index contributed by atoms with van der Waals surface area (Å²) >= 11 is 0. The highest BCUT2D eigenvalue weighted by Crippen LogP contribution is 2.25. The van der Waals surface area contributed by atoms with Gasteiger partial charge in [-0.2, -0.15) is 0 Å². The second-order valence-corrected chi connectivity index (χ2v) is 6.13. The second-order valence-electron chi connectivity index (χ2n) is 6.13. The fourth-order valence-corrected chi connectivity index (χ4v) is 3.08. The van der Waals surface area contributed by atoms with E-state index in [4.69, 9.17) is 4.84 Å². The van der Waals surface area contributed by atoms with E-state index in [1.165, 1.54) is 6.20 Å². The molecule has 0 atom stereocenters. The maximum absolute atomic E-state index is 12.3. The summed E-state index contributed by atoms with van der Waals surface area (Å²) in [5.41, 5.74) is 1.56. The summed E-state index contributed by atoms with van der Waals surface area (Å²) in [5, 5.41) is 1.64. The van der Waals surface area contributed by atoms with Crippen molar-refractivity contribution in [3.05, 3.63) is 64.3 Å². The summed E-state index contributed by atoms with van der Waals surface area (Å²) in [5.74, 6) is -0.377. The third kappa shape index (κ3) is 3.31. The number of nitrogens with one attached hydrogen (secondary N) is 1. The fourth-order valence-electron chi connectivity index (χ4n) is 3.08. The molecule has 4 rings (SSSR count). The molecule has 0 aliphatic carbocycles. The number of hydrogen-bond donors (Lipinski definition) is 1. The molecule has 2 aromatic heterocycles. The SMILES string of the molecule is O=C(ON1CCC(c2nc3nccnc3[nH]c2=O)CC1)c1ccccc1. The first-order valence-corrected chi connectivity index (χ1v) is 8.44. The van der Waals surface area contributed by atoms with Crippen LogP contribution in [0.3, 0.4) is 0 Å². The number of fused-ring (bicyclic) bond motifs is 1. The van der Waals surface area contributed by atoms with Crippen molar-refractivity contribution in [1.82, 2.24) is 25.0 Å². The number of aromatic amines is 1. The highest BCUT2D eigenvalue weighted by Gasteiger charge is 2.26. The first-order chi connectivity index (χ1) is 12.7. The quantitative estimate of drug-likeness (QED) is 0.766. The zero-order valence-corrected chi connectivity index (χ0v) is 14.0. The molecule has 26 heavy (non-hydrogen) atoms. The minimum absolute atomic E-state index is 0.00293. The first kappa shape index (κ1) is 16.3. The van der Waals surface area contributed by atoms with Crippen molar-refractivity contribution in [2.24, 2.45) is 0 Å². The lowest BCUT2D eigenvalue weighted by Crippen LogP contribution is -2.36. The molecule has 0 bridgehead atoms. The monoisotopic (exact) mass is 351 g/mol. The highest BCUT2D eigenvalue weighted by atomic mass is 16.7. The third-order valence-corrected chi connectivity index (χ3v) is 4.43. The van der Waals surface area contributed by atoms with Crippen molar-refractivity contribution in [2.45, 2.75) is 18.8 Å². The van der Waals surface area contributed by atoms with Crippen LogP contribution in [0.15, 0.2) is 47.5 Å². The van der Waals surface area contributed by atoms with E-state index >= 15 is 0 Å². The Morgan fingerprint density at radius 2 is 1.85 bits per heavy atom. The van der Waals surface area contributed by atoms with Gasteiger partial charge in [0.1, 0.15) is 5.69 Å². The minimum atomic E-state index is -0.374. The molecular weight excluding hydrogens is 334 g/mol. The van der Waals surface area contributed by atoms with Crippen molar-refractivity contribution in [3.63, 3.8) is 0 Å². The van der Waals surface area contributed by atoms with E-state index in [0.29, 0.717) is 48.5 Å². The predicted octanol–water partition coefficient (Wildman–Crippen LogP) is 1.66. The molecular formula is C18H17N5O3. The van der Waals surface area contributed by atoms with Gasteiger partial charge in [0.25, 0.3) is 5.56 Å². The molecule has 1 aromatic carbocycles. The number of H-pyrrole nitrogens is 1. The van der Waals surface area contributed by atoms with E-state index in [1.54, 1.807) is 35.5 Å². The van der Waals surface area contributed by atoms with E-state index < -0.39 is 0 Å². The summed E-state index contributed by atoms with van der Waals surface area (Å²) in [6.07, 6.45) is 4.40. The number of aromatic nitrogens is 4. The lowest BCUT2D eigenvalue weighted by atomic mass is 9.94. The fraction of sp³-hybridized carbons (Fsp3) is 0.278. The lowest BCUT2D eigenvalue weighted by molar-refractivity contribution is -0.122. The number of piperidine rings is 1. The van der Waals surface area contributed by atoms with E-state index in [9.17, 15) is 9.59 Å². The van der Waals surface area contributed by atoms with Crippen molar-refractivity contribution >= 4 is 17.3 Å². The molecule has 132 valence electrons. The van der Waals surface area contributed by atoms with E-state index in [1.807, 2.05) is 6.07 Å². The maximum Gasteiger partial charge on any atom is 0.357 e. The number of rotatable bonds is 3. The average Bonchev–Trinajstić information content (AvgIpc) is 2.69. The van der Waals surface area contributed by atoms with Crippen LogP contribution < -0.4 is 5.56 Å². The molecule has 0 unspecified atom stereocenters. The number of benzene rings is 1. The third-order valence-electron chi connectivity index (χ3n) is 4.43. The smallest absolute Gasteiger partial charge is 0.357 e. The Morgan fingerprint density at radius 3 is 2.62 bits per heavy atom. The Labute approximate surface area is 148 Å². The van der Waals surface area contributed by atoms with Gasteiger partial charge in [0.2, 0.25) is 0 Å². The van der Waals surface area contributed by atoms with Crippen molar-refractivity contribution in [1.29, 1.82) is 0 Å². The summed E-state index contributed by atoms with van der Waals surface area (Å²) < 4.78 is 0. The molecule has 8 nitrogen and oxygen atoms in total. The van der Waals surface area contributed by atoms with E-state index in [2.05, 4.69) is 19.9 Å². The molecule has 1 aliphatic heterocycles. The summed E-state index contributed by atoms with van der Waals surface area (Å²) in [7, 11) is 0. The Hall–Kier alpha value is -3.13. The van der Waals surface area contributed by atoms with Crippen LogP contribution in [0.1, 0.15) is 34.8 Å². The van der Waals surface area contributed by atoms with Crippen LogP contribution in [0.4, 0.5) is 0 Å². The van der Waals surface area contributed by atoms with Crippen LogP contribution >= 0.6 is 0 Å². The summed E-state index contributed by atoms with van der Waals surface area (Å²) in [4.78, 5) is 45.2. The first-order valence-electron chi connectivity index (χ1n) is 8.44. The van der Waals surface area contributed by atoms with Crippen LogP contribution in [0.25, 0.3) is 11.3 Å². The van der Waals surface area contributed by atoms with Gasteiger partial charge >= 0.3 is 5.97 Å². The van der Waals surface area contributed by atoms with E-state index in [-0.39, 0.29) is 17.4 Å². The van der Waals surface area contributed by atoms with Crippen LogP contribution in [0, 0.1) is 0 Å². The summed E-state index contributed by atoms with van der Waals surface area (Å²) in [6, 6.07) is 8.87. The second kappa shape index (κ2) is 7.01. The molecule has 1 N–H and O–H groups in total. The highest BCUT2D eigenvalue weighted by molar-refractivity contribution is 5.89. The van der Waals surface area contributed by atoms with Gasteiger partial charge in [0.05, 0.1) is 5.56 Å². The number of carbonyl (C=O) groups excluding carboxylic acids is 1. The van der Waals surface area contributed by atoms with Crippen LogP contribution in [-0.4, -0.2) is 44.1 Å². The van der Waals surface area contributed by atoms with Gasteiger partial charge in [-0.25, -0.2) is 19.7 Å².